The summed E-state index contributed by atoms with van der Waals surface area (Å²) in [6.07, 6.45) is 0. The molecule has 0 saturated heterocycles. The van der Waals surface area contributed by atoms with E-state index in [9.17, 15) is 5.26 Å². The van der Waals surface area contributed by atoms with Gasteiger partial charge in [-0.05, 0) is 71.8 Å². The fourth-order valence-electron chi connectivity index (χ4n) is 8.66. The minimum atomic E-state index is 0.645. The van der Waals surface area contributed by atoms with Crippen LogP contribution in [0.25, 0.3) is 93.6 Å². The average molecular weight is 675 g/mol. The van der Waals surface area contributed by atoms with E-state index in [1.54, 1.807) is 0 Å². The van der Waals surface area contributed by atoms with Gasteiger partial charge >= 0.3 is 0 Å². The minimum Gasteiger partial charge on any atom is -0.309 e. The van der Waals surface area contributed by atoms with Crippen LogP contribution < -0.4 is 0 Å². The Morgan fingerprint density at radius 3 is 1.30 bits per heavy atom. The van der Waals surface area contributed by atoms with Crippen LogP contribution in [0.3, 0.4) is 0 Å². The largest absolute Gasteiger partial charge is 0.309 e. The highest BCUT2D eigenvalue weighted by Crippen LogP contribution is 2.43. The molecule has 0 bridgehead atoms. The molecule has 0 aliphatic carbocycles. The van der Waals surface area contributed by atoms with Gasteiger partial charge in [0.2, 0.25) is 0 Å². The molecule has 3 heterocycles. The van der Waals surface area contributed by atoms with E-state index in [2.05, 4.69) is 184 Å². The quantitative estimate of drug-likeness (QED) is 0.183. The van der Waals surface area contributed by atoms with Gasteiger partial charge in [0.1, 0.15) is 0 Å². The van der Waals surface area contributed by atoms with Crippen LogP contribution in [0.15, 0.2) is 182 Å². The number of hydrogen-bond acceptors (Lipinski definition) is 1. The third-order valence-electron chi connectivity index (χ3n) is 10.8. The van der Waals surface area contributed by atoms with E-state index in [1.165, 1.54) is 37.8 Å². The van der Waals surface area contributed by atoms with Crippen molar-refractivity contribution in [3.63, 3.8) is 0 Å². The first-order chi connectivity index (χ1) is 26.3. The Hall–Kier alpha value is -7.35. The molecule has 53 heavy (non-hydrogen) atoms. The van der Waals surface area contributed by atoms with Crippen molar-refractivity contribution >= 4 is 65.4 Å². The topological polar surface area (TPSA) is 38.6 Å². The van der Waals surface area contributed by atoms with Crippen LogP contribution in [-0.2, 0) is 0 Å². The van der Waals surface area contributed by atoms with Gasteiger partial charge in [0, 0.05) is 49.4 Å². The molecule has 3 aromatic heterocycles. The van der Waals surface area contributed by atoms with Crippen molar-refractivity contribution in [1.82, 2.24) is 13.7 Å². The van der Waals surface area contributed by atoms with Gasteiger partial charge in [0.25, 0.3) is 0 Å². The number of benzene rings is 8. The molecule has 0 fully saturated rings. The summed E-state index contributed by atoms with van der Waals surface area (Å²) in [6.45, 7) is 0. The number of para-hydroxylation sites is 5. The summed E-state index contributed by atoms with van der Waals surface area (Å²) in [7, 11) is 0. The van der Waals surface area contributed by atoms with Gasteiger partial charge in [-0.1, -0.05) is 121 Å². The molecule has 4 heteroatoms. The van der Waals surface area contributed by atoms with Crippen LogP contribution in [-0.4, -0.2) is 13.7 Å². The molecule has 4 nitrogen and oxygen atoms in total. The van der Waals surface area contributed by atoms with Crippen molar-refractivity contribution in [1.29, 1.82) is 5.26 Å². The first-order valence-corrected chi connectivity index (χ1v) is 17.9. The maximum atomic E-state index is 10.3. The van der Waals surface area contributed by atoms with E-state index < -0.39 is 0 Å². The van der Waals surface area contributed by atoms with Crippen LogP contribution in [0.2, 0.25) is 0 Å². The SMILES string of the molecule is N#Cc1ccccc1-c1cc(-n2c3ccccc3c3ccccc32)cc(-n2c3ccccc3c3ccc4c5ccccc5n(-c5ccccc5)c4c32)c1. The smallest absolute Gasteiger partial charge is 0.0998 e. The Labute approximate surface area is 305 Å². The predicted molar refractivity (Wildman–Crippen MR) is 220 cm³/mol. The maximum Gasteiger partial charge on any atom is 0.0998 e. The number of rotatable bonds is 4. The molecule has 0 aliphatic rings. The summed E-state index contributed by atoms with van der Waals surface area (Å²) in [5.74, 6) is 0. The molecule has 0 amide bonds. The van der Waals surface area contributed by atoms with E-state index in [-0.39, 0.29) is 0 Å². The summed E-state index contributed by atoms with van der Waals surface area (Å²) in [5, 5.41) is 17.5. The Balaban J connectivity index is 1.34. The molecular weight excluding hydrogens is 645 g/mol. The monoisotopic (exact) mass is 674 g/mol. The molecule has 0 aliphatic heterocycles. The van der Waals surface area contributed by atoms with Gasteiger partial charge in [-0.2, -0.15) is 5.26 Å². The minimum absolute atomic E-state index is 0.645. The number of fused-ring (bicyclic) bond motifs is 10. The molecule has 0 saturated carbocycles. The molecule has 11 aromatic rings. The van der Waals surface area contributed by atoms with Crippen molar-refractivity contribution in [3.05, 3.63) is 188 Å². The first-order valence-electron chi connectivity index (χ1n) is 17.9. The van der Waals surface area contributed by atoms with Crippen molar-refractivity contribution in [3.8, 4) is 34.3 Å². The highest BCUT2D eigenvalue weighted by atomic mass is 15.1. The summed E-state index contributed by atoms with van der Waals surface area (Å²) >= 11 is 0. The van der Waals surface area contributed by atoms with Gasteiger partial charge in [-0.15, -0.1) is 0 Å². The zero-order valence-electron chi connectivity index (χ0n) is 28.6. The van der Waals surface area contributed by atoms with Gasteiger partial charge in [-0.3, -0.25) is 0 Å². The van der Waals surface area contributed by atoms with E-state index in [4.69, 9.17) is 0 Å². The zero-order chi connectivity index (χ0) is 35.0. The Morgan fingerprint density at radius 2 is 0.755 bits per heavy atom. The third-order valence-corrected chi connectivity index (χ3v) is 10.8. The second-order valence-electron chi connectivity index (χ2n) is 13.7. The molecule has 8 aromatic carbocycles. The van der Waals surface area contributed by atoms with Crippen molar-refractivity contribution < 1.29 is 0 Å². The zero-order valence-corrected chi connectivity index (χ0v) is 28.6. The second-order valence-corrected chi connectivity index (χ2v) is 13.7. The fraction of sp³-hybridized carbons (Fsp3) is 0. The Bertz CT molecular complexity index is 3240. The Kier molecular flexibility index (Phi) is 6.28. The highest BCUT2D eigenvalue weighted by Gasteiger charge is 2.22. The van der Waals surface area contributed by atoms with Gasteiger partial charge in [-0.25, -0.2) is 0 Å². The fourth-order valence-corrected chi connectivity index (χ4v) is 8.66. The van der Waals surface area contributed by atoms with Crippen LogP contribution in [0.4, 0.5) is 0 Å². The molecule has 0 N–H and O–H groups in total. The summed E-state index contributed by atoms with van der Waals surface area (Å²) < 4.78 is 7.24. The summed E-state index contributed by atoms with van der Waals surface area (Å²) in [4.78, 5) is 0. The van der Waals surface area contributed by atoms with Crippen LogP contribution >= 0.6 is 0 Å². The lowest BCUT2D eigenvalue weighted by atomic mass is 9.99. The molecule has 246 valence electrons. The predicted octanol–water partition coefficient (Wildman–Crippen LogP) is 12.5. The summed E-state index contributed by atoms with van der Waals surface area (Å²) in [6, 6.07) is 67.2. The first kappa shape index (κ1) is 29.4. The van der Waals surface area contributed by atoms with Gasteiger partial charge in [0.15, 0.2) is 0 Å². The van der Waals surface area contributed by atoms with Crippen LogP contribution in [0, 0.1) is 11.3 Å². The maximum absolute atomic E-state index is 10.3. The number of aromatic nitrogens is 3. The van der Waals surface area contributed by atoms with E-state index in [0.29, 0.717) is 5.56 Å². The van der Waals surface area contributed by atoms with Crippen molar-refractivity contribution in [2.75, 3.05) is 0 Å². The molecule has 11 rings (SSSR count). The summed E-state index contributed by atoms with van der Waals surface area (Å²) in [5.41, 5.74) is 12.6. The standard InChI is InChI=1S/C49H30N4/c50-31-32-14-4-5-17-37(32)33-28-35(51-44-22-10-6-18-38(44)39-19-7-11-23-45(39)51)30-36(29-33)53-47-25-13-9-21-41(47)43-27-26-42-40-20-8-12-24-46(40)52(48(42)49(43)53)34-15-2-1-3-16-34/h1-30H. The third kappa shape index (κ3) is 4.22. The number of nitrogens with zero attached hydrogens (tertiary/aromatic N) is 4. The van der Waals surface area contributed by atoms with E-state index in [1.807, 2.05) is 18.2 Å². The van der Waals surface area contributed by atoms with Crippen LogP contribution in [0.1, 0.15) is 5.56 Å². The lowest BCUT2D eigenvalue weighted by molar-refractivity contribution is 1.13. The normalized spacial score (nSPS) is 11.8. The number of hydrogen-bond donors (Lipinski definition) is 0. The second kappa shape index (κ2) is 11.3. The molecular formula is C49H30N4. The lowest BCUT2D eigenvalue weighted by Crippen LogP contribution is -2.02. The number of nitriles is 1. The lowest BCUT2D eigenvalue weighted by Gasteiger charge is -2.17. The molecule has 0 spiro atoms. The van der Waals surface area contributed by atoms with Gasteiger partial charge in [0.05, 0.1) is 44.7 Å². The highest BCUT2D eigenvalue weighted by molar-refractivity contribution is 6.24. The Morgan fingerprint density at radius 1 is 0.340 bits per heavy atom. The van der Waals surface area contributed by atoms with Gasteiger partial charge < -0.3 is 13.7 Å². The average Bonchev–Trinajstić information content (AvgIpc) is 3.87. The molecule has 0 atom stereocenters. The van der Waals surface area contributed by atoms with E-state index in [0.717, 1.165) is 55.8 Å². The molecule has 0 radical (unpaired) electrons. The van der Waals surface area contributed by atoms with Crippen molar-refractivity contribution in [2.45, 2.75) is 0 Å². The molecule has 0 unspecified atom stereocenters. The van der Waals surface area contributed by atoms with Crippen molar-refractivity contribution in [2.24, 2.45) is 0 Å². The van der Waals surface area contributed by atoms with E-state index >= 15 is 0 Å². The van der Waals surface area contributed by atoms with Crippen LogP contribution in [0.5, 0.6) is 0 Å².